The minimum atomic E-state index is 0. The quantitative estimate of drug-likeness (QED) is 0.340. The van der Waals surface area contributed by atoms with Crippen molar-refractivity contribution in [3.05, 3.63) is 0 Å². The fourth-order valence-electron chi connectivity index (χ4n) is 0. The van der Waals surface area contributed by atoms with E-state index in [1.54, 1.807) is 0 Å². The van der Waals surface area contributed by atoms with Crippen LogP contribution in [0.3, 0.4) is 0 Å². The third-order valence-electron chi connectivity index (χ3n) is 0. The summed E-state index contributed by atoms with van der Waals surface area (Å²) in [4.78, 5) is 0. The van der Waals surface area contributed by atoms with Gasteiger partial charge in [0.25, 0.3) is 0 Å². The Hall–Kier alpha value is 4.04. The van der Waals surface area contributed by atoms with Gasteiger partial charge in [-0.25, -0.2) is 0 Å². The molecule has 0 spiro atoms. The van der Waals surface area contributed by atoms with Gasteiger partial charge in [0.1, 0.15) is 0 Å². The maximum atomic E-state index is 0. The Morgan fingerprint density at radius 2 is 1.00 bits per heavy atom. The van der Waals surface area contributed by atoms with E-state index in [4.69, 9.17) is 0 Å². The van der Waals surface area contributed by atoms with Crippen LogP contribution in [0, 0.1) is 0 Å². The van der Waals surface area contributed by atoms with Gasteiger partial charge in [0, 0.05) is 0 Å². The monoisotopic (exact) mass is 188 g/mol. The Morgan fingerprint density at radius 3 is 1.00 bits per heavy atom. The molecule has 0 aromatic carbocycles. The molecule has 0 N–H and O–H groups in total. The molecule has 0 aliphatic rings. The third kappa shape index (κ3) is 9.40. The first-order valence-corrected chi connectivity index (χ1v) is 0. The van der Waals surface area contributed by atoms with Crippen LogP contribution in [-0.2, 0) is 0 Å². The SMILES string of the molecule is [AlH3].[CaH2].[MgH2].[SrH2]. The molecule has 0 bridgehead atoms. The van der Waals surface area contributed by atoms with Gasteiger partial charge >= 0.3 is 106 Å². The molecule has 0 radical (unpaired) electrons. The average molecular weight is 188 g/mol. The molecule has 0 aliphatic heterocycles. The number of hydrogen-bond acceptors (Lipinski definition) is 0. The molecule has 0 rings (SSSR count). The van der Waals surface area contributed by atoms with E-state index in [1.807, 2.05) is 0 Å². The van der Waals surface area contributed by atoms with Crippen LogP contribution >= 0.6 is 0 Å². The second-order valence-electron chi connectivity index (χ2n) is 0. The summed E-state index contributed by atoms with van der Waals surface area (Å²) < 4.78 is 0. The molecule has 0 heterocycles. The van der Waals surface area contributed by atoms with E-state index in [0.717, 1.165) is 0 Å². The van der Waals surface area contributed by atoms with Crippen molar-refractivity contribution in [3.8, 4) is 0 Å². The van der Waals surface area contributed by atoms with Crippen LogP contribution in [0.2, 0.25) is 0 Å². The molecule has 0 amide bonds. The van der Waals surface area contributed by atoms with Crippen LogP contribution in [0.25, 0.3) is 0 Å². The Kier molecular flexibility index (Phi) is 96.1. The molecule has 4 heavy (non-hydrogen) atoms. The topological polar surface area (TPSA) is 0 Å². The van der Waals surface area contributed by atoms with E-state index in [9.17, 15) is 0 Å². The zero-order valence-electron chi connectivity index (χ0n) is 0. The summed E-state index contributed by atoms with van der Waals surface area (Å²) in [5.41, 5.74) is 0. The molecule has 0 aromatic rings. The van der Waals surface area contributed by atoms with Crippen LogP contribution in [0.15, 0.2) is 0 Å². The van der Waals surface area contributed by atoms with Crippen molar-refractivity contribution >= 4 is 124 Å². The van der Waals surface area contributed by atoms with Gasteiger partial charge < -0.3 is 0 Å². The van der Waals surface area contributed by atoms with Gasteiger partial charge in [-0.15, -0.1) is 0 Å². The van der Waals surface area contributed by atoms with Gasteiger partial charge in [-0.2, -0.15) is 0 Å². The average Bonchev–Trinajstić information content (AvgIpc) is 0. The molecule has 0 nitrogen and oxygen atoms in total. The summed E-state index contributed by atoms with van der Waals surface area (Å²) >= 11 is 0. The van der Waals surface area contributed by atoms with Crippen molar-refractivity contribution in [1.82, 2.24) is 0 Å². The first-order chi connectivity index (χ1) is 0. The summed E-state index contributed by atoms with van der Waals surface area (Å²) in [6, 6.07) is 0. The second kappa shape index (κ2) is 15.7. The Morgan fingerprint density at radius 1 is 1.00 bits per heavy atom. The Labute approximate surface area is 120 Å². The second-order valence-corrected chi connectivity index (χ2v) is 0. The van der Waals surface area contributed by atoms with Crippen LogP contribution in [0.1, 0.15) is 0 Å². The fraction of sp³-hybridized carbons (Fsp3) is 0. The zero-order chi connectivity index (χ0) is 0. The van der Waals surface area contributed by atoms with Gasteiger partial charge in [0.2, 0.25) is 0 Å². The molecular formula is H9AlCaMgSr. The van der Waals surface area contributed by atoms with Crippen molar-refractivity contribution in [2.24, 2.45) is 0 Å². The normalized spacial score (nSPS) is 0. The van der Waals surface area contributed by atoms with Crippen LogP contribution in [-0.4, -0.2) is 124 Å². The predicted molar refractivity (Wildman–Crippen MR) is 35.6 cm³/mol. The van der Waals surface area contributed by atoms with Crippen LogP contribution < -0.4 is 0 Å². The maximum absolute atomic E-state index is 0. The fourth-order valence-corrected chi connectivity index (χ4v) is 0. The van der Waals surface area contributed by atoms with Crippen LogP contribution in [0.4, 0.5) is 0 Å². The van der Waals surface area contributed by atoms with E-state index in [1.165, 1.54) is 0 Å². The van der Waals surface area contributed by atoms with Gasteiger partial charge in [-0.05, 0) is 0 Å². The molecule has 0 aromatic heterocycles. The molecule has 0 unspecified atom stereocenters. The van der Waals surface area contributed by atoms with Crippen molar-refractivity contribution in [3.63, 3.8) is 0 Å². The predicted octanol–water partition coefficient (Wildman–Crippen LogP) is -3.93. The first-order valence-electron chi connectivity index (χ1n) is 0. The molecule has 18 valence electrons. The molecule has 0 fully saturated rings. The molecule has 4 heteroatoms. The van der Waals surface area contributed by atoms with Gasteiger partial charge in [0.05, 0.1) is 0 Å². The summed E-state index contributed by atoms with van der Waals surface area (Å²) in [6.45, 7) is 0. The number of hydrogen-bond donors (Lipinski definition) is 0. The minimum absolute atomic E-state index is 0. The Bertz CT molecular complexity index is 8.00. The molecule has 0 saturated heterocycles. The van der Waals surface area contributed by atoms with E-state index in [0.29, 0.717) is 0 Å². The van der Waals surface area contributed by atoms with Crippen molar-refractivity contribution < 1.29 is 0 Å². The van der Waals surface area contributed by atoms with Gasteiger partial charge in [-0.1, -0.05) is 0 Å². The summed E-state index contributed by atoms with van der Waals surface area (Å²) in [5.74, 6) is 0. The van der Waals surface area contributed by atoms with Crippen molar-refractivity contribution in [1.29, 1.82) is 0 Å². The molecule has 0 aliphatic carbocycles. The van der Waals surface area contributed by atoms with Crippen molar-refractivity contribution in [2.45, 2.75) is 0 Å². The first kappa shape index (κ1) is 24.4. The summed E-state index contributed by atoms with van der Waals surface area (Å²) in [6.07, 6.45) is 0. The molecule has 0 saturated carbocycles. The number of rotatable bonds is 0. The van der Waals surface area contributed by atoms with E-state index >= 15 is 0 Å². The zero-order valence-corrected chi connectivity index (χ0v) is 0. The van der Waals surface area contributed by atoms with E-state index in [-0.39, 0.29) is 124 Å². The third-order valence-corrected chi connectivity index (χ3v) is 0. The van der Waals surface area contributed by atoms with E-state index < -0.39 is 0 Å². The summed E-state index contributed by atoms with van der Waals surface area (Å²) in [7, 11) is 0. The summed E-state index contributed by atoms with van der Waals surface area (Å²) in [5, 5.41) is 0. The van der Waals surface area contributed by atoms with E-state index in [2.05, 4.69) is 0 Å². The van der Waals surface area contributed by atoms with Gasteiger partial charge in [0.15, 0.2) is 17.4 Å². The Balaban J connectivity index is 0. The van der Waals surface area contributed by atoms with Crippen molar-refractivity contribution in [2.75, 3.05) is 0 Å². The standard InChI is InChI=1S/Al.Ca.Mg.Sr.9H. The molecular weight excluding hydrogens is 179 g/mol. The van der Waals surface area contributed by atoms with Gasteiger partial charge in [-0.3, -0.25) is 0 Å². The molecule has 0 atom stereocenters. The van der Waals surface area contributed by atoms with Crippen LogP contribution in [0.5, 0.6) is 0 Å².